The Balaban J connectivity index is 1.14. The number of nitrogens with one attached hydrogen (secondary N) is 3. The van der Waals surface area contributed by atoms with Crippen molar-refractivity contribution < 1.29 is 13.2 Å². The Hall–Kier alpha value is -4.12. The van der Waals surface area contributed by atoms with Crippen LogP contribution in [0.15, 0.2) is 83.9 Å². The van der Waals surface area contributed by atoms with Gasteiger partial charge in [-0.1, -0.05) is 43.2 Å². The lowest BCUT2D eigenvalue weighted by atomic mass is 10.0. The number of pyridine rings is 2. The van der Waals surface area contributed by atoms with Crippen molar-refractivity contribution in [1.82, 2.24) is 24.9 Å². The van der Waals surface area contributed by atoms with Crippen LogP contribution >= 0.6 is 0 Å². The zero-order valence-electron chi connectivity index (χ0n) is 24.6. The molecule has 2 heterocycles. The molecule has 0 atom stereocenters. The maximum Gasteiger partial charge on any atom is 0.251 e. The third-order valence-electron chi connectivity index (χ3n) is 7.37. The Labute approximate surface area is 252 Å². The van der Waals surface area contributed by atoms with Crippen LogP contribution in [0.3, 0.4) is 0 Å². The van der Waals surface area contributed by atoms with Gasteiger partial charge in [-0.15, -0.1) is 0 Å². The minimum Gasteiger partial charge on any atom is -0.384 e. The van der Waals surface area contributed by atoms with Gasteiger partial charge in [0, 0.05) is 54.1 Å². The molecule has 0 aliphatic rings. The van der Waals surface area contributed by atoms with E-state index in [0.717, 1.165) is 71.7 Å². The number of unbranched alkanes of at least 4 members (excludes halogenated alkanes) is 3. The fraction of sp³-hybridized carbons (Fsp3) is 0.303. The first kappa shape index (κ1) is 30.3. The van der Waals surface area contributed by atoms with Crippen LogP contribution in [-0.2, 0) is 10.0 Å². The molecule has 10 heteroatoms. The van der Waals surface area contributed by atoms with E-state index >= 15 is 0 Å². The lowest BCUT2D eigenvalue weighted by Crippen LogP contribution is -2.31. The predicted molar refractivity (Wildman–Crippen MR) is 174 cm³/mol. The van der Waals surface area contributed by atoms with Crippen LogP contribution in [0.25, 0.3) is 32.7 Å². The number of anilines is 1. The summed E-state index contributed by atoms with van der Waals surface area (Å²) in [4.78, 5) is 24.1. The summed E-state index contributed by atoms with van der Waals surface area (Å²) < 4.78 is 28.2. The van der Waals surface area contributed by atoms with Crippen LogP contribution in [-0.4, -0.2) is 69.5 Å². The summed E-state index contributed by atoms with van der Waals surface area (Å²) in [5.41, 5.74) is 3.91. The van der Waals surface area contributed by atoms with Gasteiger partial charge in [-0.2, -0.15) is 0 Å². The van der Waals surface area contributed by atoms with Gasteiger partial charge in [0.1, 0.15) is 0 Å². The number of amides is 1. The molecule has 0 radical (unpaired) electrons. The molecule has 0 bridgehead atoms. The molecule has 1 amide bonds. The molecule has 5 aromatic rings. The maximum atomic E-state index is 12.7. The minimum absolute atomic E-state index is 0.107. The van der Waals surface area contributed by atoms with Crippen molar-refractivity contribution >= 4 is 54.3 Å². The van der Waals surface area contributed by atoms with Gasteiger partial charge >= 0.3 is 0 Å². The first-order valence-electron chi connectivity index (χ1n) is 14.7. The predicted octanol–water partition coefficient (Wildman–Crippen LogP) is 5.18. The molecule has 0 fully saturated rings. The second kappa shape index (κ2) is 13.9. The molecule has 0 saturated heterocycles. The van der Waals surface area contributed by atoms with Crippen molar-refractivity contribution in [3.8, 4) is 0 Å². The highest BCUT2D eigenvalue weighted by Gasteiger charge is 2.15. The van der Waals surface area contributed by atoms with E-state index in [1.54, 1.807) is 24.4 Å². The van der Waals surface area contributed by atoms with Crippen LogP contribution in [0.2, 0.25) is 0 Å². The lowest BCUT2D eigenvalue weighted by molar-refractivity contribution is 0.0951. The molecule has 224 valence electrons. The number of para-hydroxylation sites is 1. The largest absolute Gasteiger partial charge is 0.384 e. The zero-order valence-corrected chi connectivity index (χ0v) is 25.5. The molecule has 0 aliphatic carbocycles. The summed E-state index contributed by atoms with van der Waals surface area (Å²) in [6.45, 7) is 2.51. The molecule has 2 aromatic heterocycles. The minimum atomic E-state index is -3.58. The maximum absolute atomic E-state index is 12.7. The second-order valence-electron chi connectivity index (χ2n) is 10.9. The number of likely N-dealkylation sites (N-methyl/N-ethyl adjacent to an activating group) is 1. The number of carbonyl (C=O) groups is 1. The van der Waals surface area contributed by atoms with Gasteiger partial charge in [-0.3, -0.25) is 9.78 Å². The number of fused-ring (bicyclic) bond motifs is 3. The van der Waals surface area contributed by atoms with Crippen LogP contribution in [0.1, 0.15) is 36.0 Å². The fourth-order valence-electron chi connectivity index (χ4n) is 5.04. The first-order valence-corrected chi connectivity index (χ1v) is 16.1. The van der Waals surface area contributed by atoms with Crippen molar-refractivity contribution in [2.24, 2.45) is 0 Å². The summed E-state index contributed by atoms with van der Waals surface area (Å²) in [7, 11) is 0.370. The van der Waals surface area contributed by atoms with E-state index < -0.39 is 10.0 Å². The van der Waals surface area contributed by atoms with Crippen LogP contribution in [0.5, 0.6) is 0 Å². The Kier molecular flexibility index (Phi) is 9.81. The molecule has 0 aliphatic heterocycles. The number of hydrogen-bond donors (Lipinski definition) is 3. The lowest BCUT2D eigenvalue weighted by Gasteiger charge is -2.14. The molecule has 5 rings (SSSR count). The Morgan fingerprint density at radius 2 is 1.58 bits per heavy atom. The number of rotatable bonds is 14. The standard InChI is InChI=1S/C33H38N6O3S/c1-39(2)21-20-36-33(40)25-14-16-28-31(22-25)38-29-12-6-5-11-27(29)32(28)35-17-7-3-4-8-19-37-43(41,42)26-15-13-24-10-9-18-34-30(24)23-26/h5-6,9-16,18,22-23,37H,3-4,7-8,17,19-21H2,1-2H3,(H,35,38)(H,36,40). The number of nitrogens with zero attached hydrogens (tertiary/aromatic N) is 3. The van der Waals surface area contributed by atoms with Gasteiger partial charge < -0.3 is 15.5 Å². The third kappa shape index (κ3) is 7.64. The van der Waals surface area contributed by atoms with Crippen molar-refractivity contribution in [1.29, 1.82) is 0 Å². The van der Waals surface area contributed by atoms with Gasteiger partial charge in [-0.05, 0) is 69.4 Å². The molecule has 3 aromatic carbocycles. The molecule has 0 saturated carbocycles. The normalized spacial score (nSPS) is 11.9. The Morgan fingerprint density at radius 3 is 2.42 bits per heavy atom. The average Bonchev–Trinajstić information content (AvgIpc) is 3.01. The number of sulfonamides is 1. The summed E-state index contributed by atoms with van der Waals surface area (Å²) in [5, 5.41) is 9.50. The van der Waals surface area contributed by atoms with Crippen molar-refractivity contribution in [2.75, 3.05) is 45.6 Å². The average molecular weight is 599 g/mol. The summed E-state index contributed by atoms with van der Waals surface area (Å²) in [6, 6.07) is 22.4. The number of benzene rings is 3. The van der Waals surface area contributed by atoms with Crippen molar-refractivity contribution in [2.45, 2.75) is 30.6 Å². The summed E-state index contributed by atoms with van der Waals surface area (Å²) in [6.07, 6.45) is 5.23. The Bertz CT molecular complexity index is 1840. The van der Waals surface area contributed by atoms with Gasteiger partial charge in [0.2, 0.25) is 10.0 Å². The highest BCUT2D eigenvalue weighted by Crippen LogP contribution is 2.31. The number of aromatic nitrogens is 2. The van der Waals surface area contributed by atoms with Gasteiger partial charge in [0.25, 0.3) is 5.91 Å². The van der Waals surface area contributed by atoms with Crippen molar-refractivity contribution in [3.63, 3.8) is 0 Å². The van der Waals surface area contributed by atoms with E-state index in [9.17, 15) is 13.2 Å². The molecule has 0 spiro atoms. The highest BCUT2D eigenvalue weighted by molar-refractivity contribution is 7.89. The molecule has 0 unspecified atom stereocenters. The third-order valence-corrected chi connectivity index (χ3v) is 8.83. The van der Waals surface area contributed by atoms with Gasteiger partial charge in [0.15, 0.2) is 0 Å². The molecule has 3 N–H and O–H groups in total. The van der Waals surface area contributed by atoms with Crippen LogP contribution < -0.4 is 15.4 Å². The van der Waals surface area contributed by atoms with E-state index in [1.807, 2.05) is 67.5 Å². The summed E-state index contributed by atoms with van der Waals surface area (Å²) in [5.74, 6) is -0.107. The monoisotopic (exact) mass is 598 g/mol. The second-order valence-corrected chi connectivity index (χ2v) is 12.7. The fourth-order valence-corrected chi connectivity index (χ4v) is 6.13. The van der Waals surface area contributed by atoms with E-state index in [4.69, 9.17) is 4.98 Å². The quantitative estimate of drug-likeness (QED) is 0.119. The van der Waals surface area contributed by atoms with E-state index in [2.05, 4.69) is 26.4 Å². The van der Waals surface area contributed by atoms with E-state index in [-0.39, 0.29) is 10.8 Å². The zero-order chi connectivity index (χ0) is 30.2. The summed E-state index contributed by atoms with van der Waals surface area (Å²) >= 11 is 0. The SMILES string of the molecule is CN(C)CCNC(=O)c1ccc2c(NCCCCCCNS(=O)(=O)c3ccc4cccnc4c3)c3ccccc3nc2c1. The van der Waals surface area contributed by atoms with Crippen LogP contribution in [0, 0.1) is 0 Å². The number of carbonyl (C=O) groups excluding carboxylic acids is 1. The Morgan fingerprint density at radius 1 is 0.791 bits per heavy atom. The molecular formula is C33H38N6O3S. The molecule has 9 nitrogen and oxygen atoms in total. The van der Waals surface area contributed by atoms with E-state index in [1.165, 1.54) is 0 Å². The topological polar surface area (TPSA) is 116 Å². The van der Waals surface area contributed by atoms with Gasteiger partial charge in [-0.25, -0.2) is 18.1 Å². The van der Waals surface area contributed by atoms with Crippen LogP contribution in [0.4, 0.5) is 5.69 Å². The smallest absolute Gasteiger partial charge is 0.251 e. The molecular weight excluding hydrogens is 560 g/mol. The van der Waals surface area contributed by atoms with Crippen molar-refractivity contribution in [3.05, 3.63) is 84.6 Å². The number of hydrogen-bond acceptors (Lipinski definition) is 7. The van der Waals surface area contributed by atoms with E-state index in [0.29, 0.717) is 24.2 Å². The highest BCUT2D eigenvalue weighted by atomic mass is 32.2. The first-order chi connectivity index (χ1) is 20.8. The molecule has 43 heavy (non-hydrogen) atoms. The van der Waals surface area contributed by atoms with Gasteiger partial charge in [0.05, 0.1) is 27.1 Å².